The van der Waals surface area contributed by atoms with Gasteiger partial charge in [-0.2, -0.15) is 0 Å². The normalized spacial score (nSPS) is 20.1. The molecule has 2 aromatic carbocycles. The molecule has 0 aromatic heterocycles. The Morgan fingerprint density at radius 2 is 1.20 bits per heavy atom. The number of non-ortho nitro benzene ring substituents is 2. The Morgan fingerprint density at radius 1 is 0.800 bits per heavy atom. The van der Waals surface area contributed by atoms with Crippen LogP contribution in [0.3, 0.4) is 0 Å². The largest absolute Gasteiger partial charge is 0.427 e. The summed E-state index contributed by atoms with van der Waals surface area (Å²) in [6, 6.07) is 6.70. The molecule has 4 rings (SSSR count). The van der Waals surface area contributed by atoms with Crippen LogP contribution in [0.25, 0.3) is 0 Å². The third-order valence-corrected chi connectivity index (χ3v) is 5.09. The molecule has 0 N–H and O–H groups in total. The van der Waals surface area contributed by atoms with Crippen molar-refractivity contribution in [2.45, 2.75) is 12.6 Å². The molecule has 0 bridgehead atoms. The number of carbonyl (C=O) groups excluding carboxylic acids is 2. The molecule has 154 valence electrons. The predicted octanol–water partition coefficient (Wildman–Crippen LogP) is 2.96. The van der Waals surface area contributed by atoms with Gasteiger partial charge in [0.2, 0.25) is 12.6 Å². The summed E-state index contributed by atoms with van der Waals surface area (Å²) in [5.74, 6) is -1.81. The monoisotopic (exact) mass is 436 g/mol. The lowest BCUT2D eigenvalue weighted by Gasteiger charge is -2.15. The van der Waals surface area contributed by atoms with Crippen molar-refractivity contribution in [3.8, 4) is 0 Å². The van der Waals surface area contributed by atoms with Crippen molar-refractivity contribution in [2.75, 3.05) is 0 Å². The number of esters is 2. The number of fused-ring (bicyclic) bond motifs is 2. The van der Waals surface area contributed by atoms with Crippen LogP contribution in [0.15, 0.2) is 36.4 Å². The molecule has 2 aliphatic heterocycles. The smallest absolute Gasteiger partial charge is 0.341 e. The van der Waals surface area contributed by atoms with Crippen molar-refractivity contribution >= 4 is 31.6 Å². The average Bonchev–Trinajstić information content (AvgIpc) is 3.18. The zero-order chi connectivity index (χ0) is 21.6. The Morgan fingerprint density at radius 3 is 1.57 bits per heavy atom. The Hall–Kier alpha value is -3.67. The van der Waals surface area contributed by atoms with Crippen LogP contribution in [-0.4, -0.2) is 21.8 Å². The summed E-state index contributed by atoms with van der Waals surface area (Å²) in [6.45, 7) is 0. The van der Waals surface area contributed by atoms with Crippen molar-refractivity contribution in [1.29, 1.82) is 0 Å². The molecule has 0 amide bonds. The van der Waals surface area contributed by atoms with Gasteiger partial charge in [-0.05, 0) is 12.1 Å². The zero-order valence-corrected chi connectivity index (χ0v) is 15.5. The van der Waals surface area contributed by atoms with Crippen molar-refractivity contribution in [2.24, 2.45) is 0 Å². The van der Waals surface area contributed by atoms with Gasteiger partial charge in [-0.15, -0.1) is 0 Å². The molecule has 2 atom stereocenters. The lowest BCUT2D eigenvalue weighted by molar-refractivity contribution is -0.385. The lowest BCUT2D eigenvalue weighted by atomic mass is 10.1. The molecule has 0 saturated heterocycles. The molecule has 14 heteroatoms. The summed E-state index contributed by atoms with van der Waals surface area (Å²) in [5.41, 5.74) is -0.667. The molecular weight excluding hydrogens is 427 g/mol. The minimum atomic E-state index is -3.41. The van der Waals surface area contributed by atoms with Gasteiger partial charge in [-0.25, -0.2) is 9.59 Å². The minimum absolute atomic E-state index is 0.117. The second-order valence-corrected chi connectivity index (χ2v) is 6.99. The van der Waals surface area contributed by atoms with Gasteiger partial charge >= 0.3 is 20.2 Å². The van der Waals surface area contributed by atoms with Crippen LogP contribution in [0.2, 0.25) is 0 Å². The van der Waals surface area contributed by atoms with Crippen molar-refractivity contribution in [3.63, 3.8) is 0 Å². The number of nitro groups is 2. The van der Waals surface area contributed by atoms with Crippen LogP contribution in [0, 0.1) is 20.2 Å². The first-order valence-corrected chi connectivity index (χ1v) is 9.33. The molecule has 2 heterocycles. The number of nitrogens with zero attached hydrogens (tertiary/aromatic N) is 2. The molecule has 0 spiro atoms. The maximum Gasteiger partial charge on any atom is 0.341 e. The first-order chi connectivity index (χ1) is 14.2. The summed E-state index contributed by atoms with van der Waals surface area (Å²) in [5, 5.41) is 21.6. The SMILES string of the molecule is O=C1OC(O[PH](=O)OC2OC(=O)c3cc([N+](=O)[O-])ccc32)c2ccc([N+](=O)[O-])cc21. The van der Waals surface area contributed by atoms with Crippen LogP contribution in [0.4, 0.5) is 11.4 Å². The summed E-state index contributed by atoms with van der Waals surface area (Å²) in [7, 11) is -3.41. The van der Waals surface area contributed by atoms with E-state index >= 15 is 0 Å². The van der Waals surface area contributed by atoms with E-state index in [0.29, 0.717) is 0 Å². The summed E-state index contributed by atoms with van der Waals surface area (Å²) in [6.07, 6.45) is -2.87. The van der Waals surface area contributed by atoms with Gasteiger partial charge in [0.05, 0.1) is 21.0 Å². The van der Waals surface area contributed by atoms with Gasteiger partial charge in [0.25, 0.3) is 11.4 Å². The first kappa shape index (κ1) is 19.6. The van der Waals surface area contributed by atoms with E-state index in [0.717, 1.165) is 24.3 Å². The van der Waals surface area contributed by atoms with Gasteiger partial charge < -0.3 is 9.47 Å². The van der Waals surface area contributed by atoms with Crippen molar-refractivity contribution < 1.29 is 42.5 Å². The van der Waals surface area contributed by atoms with Crippen molar-refractivity contribution in [1.82, 2.24) is 0 Å². The fourth-order valence-corrected chi connectivity index (χ4v) is 3.66. The van der Waals surface area contributed by atoms with Crippen LogP contribution >= 0.6 is 8.25 Å². The predicted molar refractivity (Wildman–Crippen MR) is 93.7 cm³/mol. The number of rotatable bonds is 6. The highest BCUT2D eigenvalue weighted by Crippen LogP contribution is 2.45. The highest BCUT2D eigenvalue weighted by molar-refractivity contribution is 7.33. The van der Waals surface area contributed by atoms with Crippen LogP contribution in [0.5, 0.6) is 0 Å². The summed E-state index contributed by atoms with van der Waals surface area (Å²) < 4.78 is 32.3. The number of benzene rings is 2. The second kappa shape index (κ2) is 7.30. The molecule has 2 unspecified atom stereocenters. The van der Waals surface area contributed by atoms with Gasteiger partial charge in [0, 0.05) is 35.4 Å². The minimum Gasteiger partial charge on any atom is -0.427 e. The van der Waals surface area contributed by atoms with E-state index in [1.165, 1.54) is 12.1 Å². The average molecular weight is 436 g/mol. The standard InChI is InChI=1S/C16H9N2O11P/c19-13-11-5-7(17(21)22)1-3-9(11)15(26-13)28-30(25)29-16-10-4-2-8(18(23)24)6-12(10)14(20)27-16/h1-6,15-16,30H. The van der Waals surface area contributed by atoms with E-state index in [1.54, 1.807) is 0 Å². The Kier molecular flexibility index (Phi) is 4.78. The fourth-order valence-electron chi connectivity index (χ4n) is 2.91. The summed E-state index contributed by atoms with van der Waals surface area (Å²) in [4.78, 5) is 44.0. The Labute approximate surface area is 166 Å². The van der Waals surface area contributed by atoms with Crippen LogP contribution < -0.4 is 0 Å². The molecule has 30 heavy (non-hydrogen) atoms. The van der Waals surface area contributed by atoms with Gasteiger partial charge in [0.1, 0.15) is 0 Å². The Balaban J connectivity index is 1.49. The number of nitro benzene ring substituents is 2. The van der Waals surface area contributed by atoms with E-state index in [-0.39, 0.29) is 33.6 Å². The number of hydrogen-bond acceptors (Lipinski definition) is 11. The maximum absolute atomic E-state index is 12.3. The number of cyclic esters (lactones) is 2. The van der Waals surface area contributed by atoms with E-state index in [2.05, 4.69) is 0 Å². The molecular formula is C16H9N2O11P. The molecule has 0 aliphatic carbocycles. The Bertz CT molecular complexity index is 1060. The first-order valence-electron chi connectivity index (χ1n) is 8.10. The van der Waals surface area contributed by atoms with E-state index in [9.17, 15) is 34.4 Å². The summed E-state index contributed by atoms with van der Waals surface area (Å²) >= 11 is 0. The topological polar surface area (TPSA) is 174 Å². The lowest BCUT2D eigenvalue weighted by Crippen LogP contribution is -2.03. The molecule has 0 saturated carbocycles. The van der Waals surface area contributed by atoms with Crippen LogP contribution in [-0.2, 0) is 23.1 Å². The number of ether oxygens (including phenoxy) is 2. The quantitative estimate of drug-likeness (QED) is 0.282. The van der Waals surface area contributed by atoms with Crippen LogP contribution in [0.1, 0.15) is 44.4 Å². The molecule has 13 nitrogen and oxygen atoms in total. The number of hydrogen-bond donors (Lipinski definition) is 0. The molecule has 2 aliphatic rings. The fraction of sp³-hybridized carbons (Fsp3) is 0.125. The van der Waals surface area contributed by atoms with Gasteiger partial charge in [-0.3, -0.25) is 33.8 Å². The third-order valence-electron chi connectivity index (χ3n) is 4.28. The van der Waals surface area contributed by atoms with E-state index in [4.69, 9.17) is 18.5 Å². The van der Waals surface area contributed by atoms with Gasteiger partial charge in [-0.1, -0.05) is 0 Å². The highest BCUT2D eigenvalue weighted by Gasteiger charge is 2.38. The molecule has 0 radical (unpaired) electrons. The highest BCUT2D eigenvalue weighted by atomic mass is 31.1. The number of carbonyl (C=O) groups is 2. The third kappa shape index (κ3) is 3.41. The second-order valence-electron chi connectivity index (χ2n) is 6.02. The molecule has 2 aromatic rings. The maximum atomic E-state index is 12.3. The van der Waals surface area contributed by atoms with Gasteiger partial charge in [0.15, 0.2) is 0 Å². The van der Waals surface area contributed by atoms with E-state index in [1.807, 2.05) is 0 Å². The van der Waals surface area contributed by atoms with Crippen molar-refractivity contribution in [3.05, 3.63) is 78.9 Å². The zero-order valence-electron chi connectivity index (χ0n) is 14.5. The van der Waals surface area contributed by atoms with E-state index < -0.39 is 42.6 Å². The molecule has 0 fully saturated rings.